The van der Waals surface area contributed by atoms with E-state index in [1.165, 1.54) is 26.4 Å². The minimum atomic E-state index is -1.83. The molecule has 230 valence electrons. The Bertz CT molecular complexity index is 1510. The summed E-state index contributed by atoms with van der Waals surface area (Å²) >= 11 is 0. The second-order valence-electron chi connectivity index (χ2n) is 9.77. The molecule has 16 heteroatoms. The summed E-state index contributed by atoms with van der Waals surface area (Å²) in [5.41, 5.74) is -1.37. The zero-order valence-corrected chi connectivity index (χ0v) is 22.2. The first-order chi connectivity index (χ1) is 20.0. The zero-order chi connectivity index (χ0) is 30.5. The molecule has 1 aromatic heterocycles. The van der Waals surface area contributed by atoms with Crippen molar-refractivity contribution in [1.82, 2.24) is 0 Å². The van der Waals surface area contributed by atoms with Crippen LogP contribution < -0.4 is 19.6 Å². The number of ether oxygens (including phenoxy) is 6. The van der Waals surface area contributed by atoms with Crippen molar-refractivity contribution in [3.63, 3.8) is 0 Å². The van der Waals surface area contributed by atoms with E-state index in [0.29, 0.717) is 0 Å². The number of fused-ring (bicyclic) bond motifs is 2. The lowest BCUT2D eigenvalue weighted by Crippen LogP contribution is -2.61. The summed E-state index contributed by atoms with van der Waals surface area (Å²) in [6.45, 7) is -0.862. The third kappa shape index (κ3) is 5.06. The average molecular weight is 599 g/mol. The largest absolute Gasteiger partial charge is 0.504 e. The van der Waals surface area contributed by atoms with Crippen molar-refractivity contribution >= 4 is 21.9 Å². The molecule has 5 rings (SSSR count). The van der Waals surface area contributed by atoms with Crippen molar-refractivity contribution in [2.45, 2.75) is 55.3 Å². The van der Waals surface area contributed by atoms with Crippen LogP contribution in [0.2, 0.25) is 0 Å². The van der Waals surface area contributed by atoms with Crippen molar-refractivity contribution in [2.24, 2.45) is 0 Å². The summed E-state index contributed by atoms with van der Waals surface area (Å²) in [6, 6.07) is 3.58. The van der Waals surface area contributed by atoms with Crippen molar-refractivity contribution < 1.29 is 73.7 Å². The van der Waals surface area contributed by atoms with Crippen LogP contribution in [0, 0.1) is 0 Å². The summed E-state index contributed by atoms with van der Waals surface area (Å²) in [6.07, 6.45) is -14.3. The van der Waals surface area contributed by atoms with Gasteiger partial charge in [-0.05, 0) is 12.1 Å². The Hall–Kier alpha value is -3.45. The van der Waals surface area contributed by atoms with Crippen molar-refractivity contribution in [3.05, 3.63) is 28.4 Å². The van der Waals surface area contributed by atoms with E-state index < -0.39 is 78.8 Å². The fraction of sp³-hybridized carbons (Fsp3) is 0.500. The minimum Gasteiger partial charge on any atom is -0.504 e. The number of benzene rings is 2. The number of phenolic OH excluding ortho intramolecular Hbond substituents is 2. The smallest absolute Gasteiger partial charge is 0.229 e. The van der Waals surface area contributed by atoms with Gasteiger partial charge in [0.1, 0.15) is 48.1 Å². The molecule has 9 unspecified atom stereocenters. The lowest BCUT2D eigenvalue weighted by molar-refractivity contribution is -0.307. The maximum atomic E-state index is 13.3. The van der Waals surface area contributed by atoms with Crippen LogP contribution in [0.3, 0.4) is 0 Å². The summed E-state index contributed by atoms with van der Waals surface area (Å²) in [5, 5.41) is 81.9. The van der Waals surface area contributed by atoms with Crippen LogP contribution >= 0.6 is 0 Å². The van der Waals surface area contributed by atoms with Gasteiger partial charge in [0, 0.05) is 6.07 Å². The Balaban J connectivity index is 1.42. The molecule has 16 nitrogen and oxygen atoms in total. The van der Waals surface area contributed by atoms with Gasteiger partial charge in [-0.15, -0.1) is 0 Å². The van der Waals surface area contributed by atoms with Gasteiger partial charge in [-0.1, -0.05) is 0 Å². The lowest BCUT2D eigenvalue weighted by atomic mass is 9.99. The first-order valence-electron chi connectivity index (χ1n) is 12.7. The molecule has 0 amide bonds. The van der Waals surface area contributed by atoms with Crippen LogP contribution in [0.15, 0.2) is 27.4 Å². The van der Waals surface area contributed by atoms with Gasteiger partial charge in [0.25, 0.3) is 0 Å². The van der Waals surface area contributed by atoms with E-state index in [0.717, 1.165) is 6.07 Å². The number of methoxy groups -OCH3 is 2. The van der Waals surface area contributed by atoms with Gasteiger partial charge in [0.05, 0.1) is 32.8 Å². The molecule has 2 fully saturated rings. The van der Waals surface area contributed by atoms with Gasteiger partial charge in [-0.25, -0.2) is 0 Å². The SMILES string of the molecule is COc1cc(O)c2oc3c(O)c(OC4OC(COC5OCC(O)C(O)C5O)C(O)C(O)C4O)ccc3c(=O)c2c1OC. The van der Waals surface area contributed by atoms with Crippen LogP contribution in [-0.4, -0.2) is 124 Å². The zero-order valence-electron chi connectivity index (χ0n) is 22.2. The summed E-state index contributed by atoms with van der Waals surface area (Å²) < 4.78 is 37.8. The van der Waals surface area contributed by atoms with E-state index >= 15 is 0 Å². The highest BCUT2D eigenvalue weighted by Crippen LogP contribution is 2.43. The van der Waals surface area contributed by atoms with Crippen LogP contribution in [0.25, 0.3) is 21.9 Å². The number of aliphatic hydroxyl groups is 6. The Morgan fingerprint density at radius 1 is 0.857 bits per heavy atom. The first kappa shape index (κ1) is 30.0. The molecule has 2 saturated heterocycles. The summed E-state index contributed by atoms with van der Waals surface area (Å²) in [7, 11) is 2.61. The average Bonchev–Trinajstić information content (AvgIpc) is 2.98. The Morgan fingerprint density at radius 2 is 1.57 bits per heavy atom. The summed E-state index contributed by atoms with van der Waals surface area (Å²) in [4.78, 5) is 13.3. The standard InChI is InChI=1S/C26H30O16/c1-36-12-5-9(27)23-14(24(12)37-2)15(29)8-3-4-11(18(32)22(8)42-23)40-26-21(35)19(33)17(31)13(41-26)7-39-25-20(34)16(30)10(28)6-38-25/h3-5,10,13,16-17,19-21,25-28,30-35H,6-7H2,1-2H3. The van der Waals surface area contributed by atoms with E-state index in [1.807, 2.05) is 0 Å². The first-order valence-corrected chi connectivity index (χ1v) is 12.7. The van der Waals surface area contributed by atoms with Crippen LogP contribution in [-0.2, 0) is 14.2 Å². The molecule has 8 N–H and O–H groups in total. The minimum absolute atomic E-state index is 0.00265. The number of aromatic hydroxyl groups is 2. The molecule has 0 spiro atoms. The van der Waals surface area contributed by atoms with Crippen molar-refractivity contribution in [2.75, 3.05) is 27.4 Å². The Labute approximate surface area is 236 Å². The van der Waals surface area contributed by atoms with E-state index in [1.54, 1.807) is 0 Å². The fourth-order valence-corrected chi connectivity index (χ4v) is 4.83. The molecule has 0 saturated carbocycles. The van der Waals surface area contributed by atoms with Crippen molar-refractivity contribution in [1.29, 1.82) is 0 Å². The molecule has 0 bridgehead atoms. The lowest BCUT2D eigenvalue weighted by Gasteiger charge is -2.41. The van der Waals surface area contributed by atoms with E-state index in [4.69, 9.17) is 32.8 Å². The molecule has 2 aliphatic heterocycles. The van der Waals surface area contributed by atoms with Gasteiger partial charge >= 0.3 is 0 Å². The predicted molar refractivity (Wildman–Crippen MR) is 137 cm³/mol. The topological polar surface area (TPSA) is 247 Å². The fourth-order valence-electron chi connectivity index (χ4n) is 4.83. The quantitative estimate of drug-likeness (QED) is 0.137. The molecular formula is C26H30O16. The third-order valence-electron chi connectivity index (χ3n) is 7.16. The maximum Gasteiger partial charge on any atom is 0.229 e. The molecule has 2 aliphatic rings. The highest BCUT2D eigenvalue weighted by molar-refractivity contribution is 5.99. The van der Waals surface area contributed by atoms with Gasteiger partial charge < -0.3 is 73.7 Å². The second-order valence-corrected chi connectivity index (χ2v) is 9.77. The Kier molecular flexibility index (Phi) is 8.35. The number of phenols is 2. The molecule has 42 heavy (non-hydrogen) atoms. The van der Waals surface area contributed by atoms with Gasteiger partial charge in [-0.3, -0.25) is 4.79 Å². The molecule has 0 aliphatic carbocycles. The number of hydrogen-bond acceptors (Lipinski definition) is 16. The molecule has 9 atom stereocenters. The van der Waals surface area contributed by atoms with Crippen LogP contribution in [0.4, 0.5) is 0 Å². The molecule has 0 radical (unpaired) electrons. The van der Waals surface area contributed by atoms with E-state index in [-0.39, 0.29) is 45.8 Å². The highest BCUT2D eigenvalue weighted by Gasteiger charge is 2.46. The normalized spacial score (nSPS) is 31.8. The van der Waals surface area contributed by atoms with E-state index in [9.17, 15) is 45.6 Å². The predicted octanol–water partition coefficient (Wildman–Crippen LogP) is -1.98. The maximum absolute atomic E-state index is 13.3. The third-order valence-corrected chi connectivity index (χ3v) is 7.16. The number of hydrogen-bond donors (Lipinski definition) is 8. The molecule has 3 heterocycles. The van der Waals surface area contributed by atoms with Crippen LogP contribution in [0.5, 0.6) is 28.7 Å². The molecule has 2 aromatic carbocycles. The Morgan fingerprint density at radius 3 is 2.26 bits per heavy atom. The van der Waals surface area contributed by atoms with Gasteiger partial charge in [0.15, 0.2) is 40.5 Å². The van der Waals surface area contributed by atoms with Crippen LogP contribution in [0.1, 0.15) is 0 Å². The van der Waals surface area contributed by atoms with Gasteiger partial charge in [0.2, 0.25) is 17.5 Å². The number of aliphatic hydroxyl groups excluding tert-OH is 6. The molecule has 3 aromatic rings. The van der Waals surface area contributed by atoms with Crippen molar-refractivity contribution in [3.8, 4) is 28.7 Å². The van der Waals surface area contributed by atoms with Gasteiger partial charge in [-0.2, -0.15) is 0 Å². The second kappa shape index (κ2) is 11.7. The molecular weight excluding hydrogens is 568 g/mol. The van der Waals surface area contributed by atoms with E-state index in [2.05, 4.69) is 0 Å². The number of rotatable bonds is 7. The monoisotopic (exact) mass is 598 g/mol. The summed E-state index contributed by atoms with van der Waals surface area (Å²) in [5.74, 6) is -1.49. The highest BCUT2D eigenvalue weighted by atomic mass is 16.7.